The lowest BCUT2D eigenvalue weighted by molar-refractivity contribution is 0.359. The molecular formula is C7H12FN. The van der Waals surface area contributed by atoms with Gasteiger partial charge >= 0.3 is 0 Å². The smallest absolute Gasteiger partial charge is 0.101 e. The highest BCUT2D eigenvalue weighted by atomic mass is 19.1. The normalized spacial score (nSPS) is 15.2. The van der Waals surface area contributed by atoms with Crippen LogP contribution < -0.4 is 0 Å². The predicted molar refractivity (Wildman–Crippen MR) is 37.7 cm³/mol. The Morgan fingerprint density at radius 1 is 1.78 bits per heavy atom. The fourth-order valence-corrected chi connectivity index (χ4v) is 0.654. The Hall–Kier alpha value is -0.660. The van der Waals surface area contributed by atoms with Crippen LogP contribution in [0.3, 0.4) is 0 Å². The summed E-state index contributed by atoms with van der Waals surface area (Å²) in [7, 11) is 0. The van der Waals surface area contributed by atoms with E-state index in [1.807, 2.05) is 6.92 Å². The van der Waals surface area contributed by atoms with Gasteiger partial charge in [-0.05, 0) is 26.3 Å². The van der Waals surface area contributed by atoms with Crippen molar-refractivity contribution < 1.29 is 4.39 Å². The first-order valence-corrected chi connectivity index (χ1v) is 2.97. The van der Waals surface area contributed by atoms with Crippen LogP contribution in [0, 0.1) is 5.41 Å². The van der Waals surface area contributed by atoms with E-state index in [-0.39, 0.29) is 0 Å². The van der Waals surface area contributed by atoms with Gasteiger partial charge in [0.1, 0.15) is 6.17 Å². The molecule has 0 bridgehead atoms. The molecule has 52 valence electrons. The number of allylic oxidation sites excluding steroid dienone is 2. The third kappa shape index (κ3) is 5.21. The summed E-state index contributed by atoms with van der Waals surface area (Å²) < 4.78 is 12.2. The molecule has 0 spiro atoms. The molecule has 2 heteroatoms. The standard InChI is InChI=1S/C7H12FN/c1-6(3-4-9)5-7(2)8/h3-4,7,9H,5H2,1-2H3/b6-3-,9-4?. The average molecular weight is 129 g/mol. The summed E-state index contributed by atoms with van der Waals surface area (Å²) in [5, 5.41) is 6.65. The van der Waals surface area contributed by atoms with Crippen molar-refractivity contribution in [3.8, 4) is 0 Å². The first-order valence-electron chi connectivity index (χ1n) is 2.97. The van der Waals surface area contributed by atoms with E-state index in [0.29, 0.717) is 6.42 Å². The summed E-state index contributed by atoms with van der Waals surface area (Å²) in [6.45, 7) is 3.34. The van der Waals surface area contributed by atoms with Crippen LogP contribution >= 0.6 is 0 Å². The molecule has 1 atom stereocenters. The van der Waals surface area contributed by atoms with E-state index in [0.717, 1.165) is 5.57 Å². The summed E-state index contributed by atoms with van der Waals surface area (Å²) in [4.78, 5) is 0. The fraction of sp³-hybridized carbons (Fsp3) is 0.571. The minimum Gasteiger partial charge on any atom is -0.309 e. The van der Waals surface area contributed by atoms with Gasteiger partial charge < -0.3 is 5.41 Å². The van der Waals surface area contributed by atoms with Crippen molar-refractivity contribution in [3.63, 3.8) is 0 Å². The Bertz CT molecular complexity index is 116. The minimum absolute atomic E-state index is 0.440. The van der Waals surface area contributed by atoms with E-state index in [2.05, 4.69) is 0 Å². The molecular weight excluding hydrogens is 117 g/mol. The monoisotopic (exact) mass is 129 g/mol. The van der Waals surface area contributed by atoms with Crippen molar-refractivity contribution in [2.24, 2.45) is 0 Å². The zero-order valence-corrected chi connectivity index (χ0v) is 5.82. The van der Waals surface area contributed by atoms with Crippen molar-refractivity contribution in [1.82, 2.24) is 0 Å². The highest BCUT2D eigenvalue weighted by Gasteiger charge is 1.96. The van der Waals surface area contributed by atoms with E-state index in [4.69, 9.17) is 5.41 Å². The van der Waals surface area contributed by atoms with Crippen LogP contribution in [0.5, 0.6) is 0 Å². The summed E-state index contributed by atoms with van der Waals surface area (Å²) >= 11 is 0. The van der Waals surface area contributed by atoms with Gasteiger partial charge in [-0.25, -0.2) is 4.39 Å². The van der Waals surface area contributed by atoms with Crippen LogP contribution in [-0.2, 0) is 0 Å². The second-order valence-electron chi connectivity index (χ2n) is 2.16. The first-order chi connectivity index (χ1) is 4.16. The maximum absolute atomic E-state index is 12.2. The lowest BCUT2D eigenvalue weighted by atomic mass is 10.1. The first kappa shape index (κ1) is 8.34. The van der Waals surface area contributed by atoms with Gasteiger partial charge in [-0.3, -0.25) is 0 Å². The number of nitrogens with one attached hydrogen (secondary N) is 1. The lowest BCUT2D eigenvalue weighted by Crippen LogP contribution is -1.92. The van der Waals surface area contributed by atoms with E-state index in [1.165, 1.54) is 13.1 Å². The Balaban J connectivity index is 3.61. The third-order valence-corrected chi connectivity index (χ3v) is 0.971. The Morgan fingerprint density at radius 3 is 2.67 bits per heavy atom. The second kappa shape index (κ2) is 4.24. The molecule has 1 unspecified atom stereocenters. The molecule has 0 saturated carbocycles. The molecule has 0 aromatic heterocycles. The third-order valence-electron chi connectivity index (χ3n) is 0.971. The molecule has 0 aliphatic heterocycles. The molecule has 0 aliphatic carbocycles. The summed E-state index contributed by atoms with van der Waals surface area (Å²) in [6.07, 6.45) is 2.43. The van der Waals surface area contributed by atoms with E-state index >= 15 is 0 Å². The zero-order chi connectivity index (χ0) is 7.28. The highest BCUT2D eigenvalue weighted by molar-refractivity contribution is 5.68. The largest absolute Gasteiger partial charge is 0.309 e. The molecule has 0 heterocycles. The number of hydrogen-bond donors (Lipinski definition) is 1. The van der Waals surface area contributed by atoms with Gasteiger partial charge in [0, 0.05) is 6.21 Å². The number of hydrogen-bond acceptors (Lipinski definition) is 1. The van der Waals surface area contributed by atoms with Crippen molar-refractivity contribution >= 4 is 6.21 Å². The van der Waals surface area contributed by atoms with E-state index < -0.39 is 6.17 Å². The van der Waals surface area contributed by atoms with Crippen LogP contribution in [0.15, 0.2) is 11.6 Å². The molecule has 1 nitrogen and oxygen atoms in total. The molecule has 0 aromatic carbocycles. The van der Waals surface area contributed by atoms with Gasteiger partial charge in [-0.2, -0.15) is 0 Å². The van der Waals surface area contributed by atoms with Gasteiger partial charge in [0.05, 0.1) is 0 Å². The predicted octanol–water partition coefficient (Wildman–Crippen LogP) is 2.33. The summed E-state index contributed by atoms with van der Waals surface area (Å²) in [5.41, 5.74) is 0.917. The number of rotatable bonds is 3. The number of alkyl halides is 1. The minimum atomic E-state index is -0.791. The molecule has 0 amide bonds. The van der Waals surface area contributed by atoms with Gasteiger partial charge in [-0.1, -0.05) is 5.57 Å². The van der Waals surface area contributed by atoms with Crippen molar-refractivity contribution in [3.05, 3.63) is 11.6 Å². The van der Waals surface area contributed by atoms with Gasteiger partial charge in [0.25, 0.3) is 0 Å². The van der Waals surface area contributed by atoms with Crippen molar-refractivity contribution in [2.75, 3.05) is 0 Å². The van der Waals surface area contributed by atoms with Crippen LogP contribution in [0.2, 0.25) is 0 Å². The maximum atomic E-state index is 12.2. The van der Waals surface area contributed by atoms with Crippen LogP contribution in [0.25, 0.3) is 0 Å². The molecule has 0 saturated heterocycles. The highest BCUT2D eigenvalue weighted by Crippen LogP contribution is 2.05. The molecule has 1 N–H and O–H groups in total. The molecule has 0 rings (SSSR count). The van der Waals surface area contributed by atoms with Gasteiger partial charge in [-0.15, -0.1) is 0 Å². The molecule has 0 aromatic rings. The van der Waals surface area contributed by atoms with Gasteiger partial charge in [0.15, 0.2) is 0 Å². The van der Waals surface area contributed by atoms with E-state index in [9.17, 15) is 4.39 Å². The second-order valence-corrected chi connectivity index (χ2v) is 2.16. The van der Waals surface area contributed by atoms with Crippen molar-refractivity contribution in [2.45, 2.75) is 26.4 Å². The Labute approximate surface area is 55.1 Å². The quantitative estimate of drug-likeness (QED) is 0.565. The molecule has 0 radical (unpaired) electrons. The lowest BCUT2D eigenvalue weighted by Gasteiger charge is -1.98. The topological polar surface area (TPSA) is 23.9 Å². The van der Waals surface area contributed by atoms with Crippen LogP contribution in [0.1, 0.15) is 20.3 Å². The fourth-order valence-electron chi connectivity index (χ4n) is 0.654. The number of halogens is 1. The summed E-state index contributed by atoms with van der Waals surface area (Å²) in [6, 6.07) is 0. The Kier molecular flexibility index (Phi) is 3.93. The zero-order valence-electron chi connectivity index (χ0n) is 5.82. The van der Waals surface area contributed by atoms with Crippen molar-refractivity contribution in [1.29, 1.82) is 5.41 Å². The van der Waals surface area contributed by atoms with Crippen LogP contribution in [0.4, 0.5) is 4.39 Å². The molecule has 0 aliphatic rings. The molecule has 9 heavy (non-hydrogen) atoms. The average Bonchev–Trinajstić information content (AvgIpc) is 1.63. The SMILES string of the molecule is C/C(=C/C=N)CC(C)F. The van der Waals surface area contributed by atoms with Gasteiger partial charge in [0.2, 0.25) is 0 Å². The summed E-state index contributed by atoms with van der Waals surface area (Å²) in [5.74, 6) is 0. The van der Waals surface area contributed by atoms with E-state index in [1.54, 1.807) is 6.08 Å². The van der Waals surface area contributed by atoms with Crippen LogP contribution in [-0.4, -0.2) is 12.4 Å². The maximum Gasteiger partial charge on any atom is 0.101 e. The Morgan fingerprint density at radius 2 is 2.33 bits per heavy atom. The molecule has 0 fully saturated rings.